The fourth-order valence-corrected chi connectivity index (χ4v) is 0.795. The molecule has 1 amide bonds. The maximum absolute atomic E-state index is 11.1. The quantitative estimate of drug-likeness (QED) is 0.556. The minimum atomic E-state index is -0.0249. The molecule has 58 valence electrons. The molecule has 1 rings (SSSR count). The summed E-state index contributed by atoms with van der Waals surface area (Å²) in [6.45, 7) is 3.65. The highest BCUT2D eigenvalue weighted by molar-refractivity contribution is 5.94. The van der Waals surface area contributed by atoms with Gasteiger partial charge in [-0.2, -0.15) is 0 Å². The fourth-order valence-electron chi connectivity index (χ4n) is 0.795. The fraction of sp³-hybridized carbons (Fsp3) is 0.222. The lowest BCUT2D eigenvalue weighted by atomic mass is 10.2. The SMILES string of the molecule is C/C1=C/C=C\C=C(\C)C(=O)N1. The molecule has 0 aromatic heterocycles. The number of allylic oxidation sites excluding steroid dienone is 5. The average Bonchev–Trinajstić information content (AvgIpc) is 1.95. The molecular weight excluding hydrogens is 138 g/mol. The summed E-state index contributed by atoms with van der Waals surface area (Å²) in [7, 11) is 0. The lowest BCUT2D eigenvalue weighted by Gasteiger charge is -2.05. The third-order valence-electron chi connectivity index (χ3n) is 1.47. The molecule has 0 aliphatic carbocycles. The van der Waals surface area contributed by atoms with Gasteiger partial charge in [0.2, 0.25) is 0 Å². The summed E-state index contributed by atoms with van der Waals surface area (Å²) >= 11 is 0. The first kappa shape index (κ1) is 7.79. The first-order valence-corrected chi connectivity index (χ1v) is 3.53. The summed E-state index contributed by atoms with van der Waals surface area (Å²) < 4.78 is 0. The number of rotatable bonds is 0. The van der Waals surface area contributed by atoms with E-state index in [9.17, 15) is 4.79 Å². The van der Waals surface area contributed by atoms with Gasteiger partial charge in [-0.05, 0) is 19.9 Å². The van der Waals surface area contributed by atoms with Gasteiger partial charge >= 0.3 is 0 Å². The minimum Gasteiger partial charge on any atom is -0.326 e. The Morgan fingerprint density at radius 1 is 1.18 bits per heavy atom. The first-order chi connectivity index (χ1) is 5.20. The third kappa shape index (κ3) is 2.08. The molecule has 2 nitrogen and oxygen atoms in total. The Morgan fingerprint density at radius 2 is 1.82 bits per heavy atom. The van der Waals surface area contributed by atoms with E-state index in [4.69, 9.17) is 0 Å². The molecule has 0 aromatic rings. The van der Waals surface area contributed by atoms with Gasteiger partial charge in [-0.3, -0.25) is 4.79 Å². The molecule has 0 fully saturated rings. The Balaban J connectivity index is 2.90. The zero-order valence-electron chi connectivity index (χ0n) is 6.72. The molecule has 1 aliphatic rings. The zero-order valence-corrected chi connectivity index (χ0v) is 6.72. The number of hydrogen-bond donors (Lipinski definition) is 1. The third-order valence-corrected chi connectivity index (χ3v) is 1.47. The van der Waals surface area contributed by atoms with Gasteiger partial charge in [-0.15, -0.1) is 0 Å². The van der Waals surface area contributed by atoms with E-state index in [-0.39, 0.29) is 5.91 Å². The van der Waals surface area contributed by atoms with Crippen molar-refractivity contribution in [2.24, 2.45) is 0 Å². The molecule has 0 atom stereocenters. The molecule has 0 saturated carbocycles. The molecular formula is C9H11NO. The van der Waals surface area contributed by atoms with Crippen LogP contribution >= 0.6 is 0 Å². The smallest absolute Gasteiger partial charge is 0.251 e. The molecule has 1 heterocycles. The van der Waals surface area contributed by atoms with Gasteiger partial charge in [0.25, 0.3) is 5.91 Å². The predicted octanol–water partition coefficient (Wildman–Crippen LogP) is 1.52. The van der Waals surface area contributed by atoms with E-state index in [1.54, 1.807) is 13.0 Å². The van der Waals surface area contributed by atoms with E-state index < -0.39 is 0 Å². The molecule has 2 heteroatoms. The summed E-state index contributed by atoms with van der Waals surface area (Å²) in [5.41, 5.74) is 1.60. The molecule has 0 saturated heterocycles. The average molecular weight is 149 g/mol. The van der Waals surface area contributed by atoms with Gasteiger partial charge in [0, 0.05) is 11.3 Å². The second-order valence-electron chi connectivity index (χ2n) is 2.54. The van der Waals surface area contributed by atoms with Crippen LogP contribution in [0.1, 0.15) is 13.8 Å². The van der Waals surface area contributed by atoms with Crippen molar-refractivity contribution in [2.75, 3.05) is 0 Å². The van der Waals surface area contributed by atoms with Crippen LogP contribution in [0.15, 0.2) is 35.6 Å². The van der Waals surface area contributed by atoms with E-state index in [2.05, 4.69) is 5.32 Å². The highest BCUT2D eigenvalue weighted by atomic mass is 16.1. The highest BCUT2D eigenvalue weighted by Gasteiger charge is 2.03. The van der Waals surface area contributed by atoms with Crippen molar-refractivity contribution >= 4 is 5.91 Å². The van der Waals surface area contributed by atoms with Crippen LogP contribution < -0.4 is 5.32 Å². The lowest BCUT2D eigenvalue weighted by Crippen LogP contribution is -2.22. The molecule has 0 aromatic carbocycles. The number of carbonyl (C=O) groups excluding carboxylic acids is 1. The van der Waals surface area contributed by atoms with Gasteiger partial charge in [-0.25, -0.2) is 0 Å². The minimum absolute atomic E-state index is 0.0249. The Bertz CT molecular complexity index is 259. The lowest BCUT2D eigenvalue weighted by molar-refractivity contribution is -0.116. The summed E-state index contributed by atoms with van der Waals surface area (Å²) in [6.07, 6.45) is 7.41. The van der Waals surface area contributed by atoms with E-state index in [1.165, 1.54) is 0 Å². The maximum Gasteiger partial charge on any atom is 0.251 e. The first-order valence-electron chi connectivity index (χ1n) is 3.53. The van der Waals surface area contributed by atoms with Gasteiger partial charge in [0.15, 0.2) is 0 Å². The molecule has 1 N–H and O–H groups in total. The molecule has 0 bridgehead atoms. The van der Waals surface area contributed by atoms with Crippen LogP contribution in [0.25, 0.3) is 0 Å². The number of carbonyl (C=O) groups is 1. The van der Waals surface area contributed by atoms with Crippen molar-refractivity contribution in [3.8, 4) is 0 Å². The number of nitrogens with one attached hydrogen (secondary N) is 1. The highest BCUT2D eigenvalue weighted by Crippen LogP contribution is 1.99. The van der Waals surface area contributed by atoms with Crippen molar-refractivity contribution in [3.63, 3.8) is 0 Å². The zero-order chi connectivity index (χ0) is 8.27. The van der Waals surface area contributed by atoms with Crippen LogP contribution in [-0.4, -0.2) is 5.91 Å². The molecule has 0 unspecified atom stereocenters. The largest absolute Gasteiger partial charge is 0.326 e. The van der Waals surface area contributed by atoms with Gasteiger partial charge in [-0.1, -0.05) is 18.2 Å². The maximum atomic E-state index is 11.1. The Morgan fingerprint density at radius 3 is 2.55 bits per heavy atom. The van der Waals surface area contributed by atoms with E-state index >= 15 is 0 Å². The standard InChI is InChI=1S/C9H11NO/c1-7-5-3-4-6-8(2)10-9(7)11/h3-6H,1-2H3,(H,10,11). The van der Waals surface area contributed by atoms with Crippen molar-refractivity contribution in [1.29, 1.82) is 0 Å². The van der Waals surface area contributed by atoms with E-state index in [0.29, 0.717) is 0 Å². The Hall–Kier alpha value is -1.31. The van der Waals surface area contributed by atoms with Crippen LogP contribution in [0.2, 0.25) is 0 Å². The summed E-state index contributed by atoms with van der Waals surface area (Å²) in [5.74, 6) is -0.0249. The van der Waals surface area contributed by atoms with Crippen molar-refractivity contribution in [3.05, 3.63) is 35.6 Å². The van der Waals surface area contributed by atoms with Crippen molar-refractivity contribution in [2.45, 2.75) is 13.8 Å². The van der Waals surface area contributed by atoms with Crippen LogP contribution in [0.5, 0.6) is 0 Å². The van der Waals surface area contributed by atoms with Crippen LogP contribution in [0.3, 0.4) is 0 Å². The van der Waals surface area contributed by atoms with Crippen LogP contribution in [0.4, 0.5) is 0 Å². The van der Waals surface area contributed by atoms with Gasteiger partial charge < -0.3 is 5.32 Å². The second-order valence-corrected chi connectivity index (χ2v) is 2.54. The summed E-state index contributed by atoms with van der Waals surface area (Å²) in [4.78, 5) is 11.1. The molecule has 0 spiro atoms. The second kappa shape index (κ2) is 3.19. The Kier molecular flexibility index (Phi) is 2.26. The van der Waals surface area contributed by atoms with Crippen LogP contribution in [-0.2, 0) is 4.79 Å². The topological polar surface area (TPSA) is 29.1 Å². The van der Waals surface area contributed by atoms with Gasteiger partial charge in [0.05, 0.1) is 0 Å². The number of amides is 1. The summed E-state index contributed by atoms with van der Waals surface area (Å²) in [5, 5.41) is 2.73. The monoisotopic (exact) mass is 149 g/mol. The van der Waals surface area contributed by atoms with Crippen molar-refractivity contribution in [1.82, 2.24) is 5.32 Å². The molecule has 0 radical (unpaired) electrons. The Labute approximate surface area is 66.3 Å². The number of hydrogen-bond acceptors (Lipinski definition) is 1. The normalized spacial score (nSPS) is 30.2. The van der Waals surface area contributed by atoms with Gasteiger partial charge in [0.1, 0.15) is 0 Å². The van der Waals surface area contributed by atoms with E-state index in [1.807, 2.05) is 25.2 Å². The predicted molar refractivity (Wildman–Crippen MR) is 44.8 cm³/mol. The van der Waals surface area contributed by atoms with E-state index in [0.717, 1.165) is 11.3 Å². The molecule has 1 aliphatic heterocycles. The summed E-state index contributed by atoms with van der Waals surface area (Å²) in [6, 6.07) is 0. The van der Waals surface area contributed by atoms with Crippen molar-refractivity contribution < 1.29 is 4.79 Å². The molecule has 11 heavy (non-hydrogen) atoms. The van der Waals surface area contributed by atoms with Crippen LogP contribution in [0, 0.1) is 0 Å².